The van der Waals surface area contributed by atoms with Crippen LogP contribution in [0.15, 0.2) is 24.3 Å². The van der Waals surface area contributed by atoms with Gasteiger partial charge in [0.2, 0.25) is 11.8 Å². The molecule has 0 aliphatic carbocycles. The third-order valence-corrected chi connectivity index (χ3v) is 3.03. The second kappa shape index (κ2) is 5.12. The fourth-order valence-corrected chi connectivity index (χ4v) is 2.07. The van der Waals surface area contributed by atoms with E-state index in [1.807, 2.05) is 31.2 Å². The summed E-state index contributed by atoms with van der Waals surface area (Å²) in [4.78, 5) is 20.3. The molecule has 0 radical (unpaired) electrons. The van der Waals surface area contributed by atoms with Gasteiger partial charge < -0.3 is 10.6 Å². The fourth-order valence-electron chi connectivity index (χ4n) is 2.07. The number of nitrogens with two attached hydrogens (primary N) is 1. The number of hydrogen-bond acceptors (Lipinski definition) is 6. The molecule has 1 aromatic carbocycles. The van der Waals surface area contributed by atoms with E-state index in [0.717, 1.165) is 11.3 Å². The maximum Gasteiger partial charge on any atom is 0.333 e. The van der Waals surface area contributed by atoms with E-state index in [0.29, 0.717) is 0 Å². The predicted octanol–water partition coefficient (Wildman–Crippen LogP) is 2.35. The van der Waals surface area contributed by atoms with Crippen LogP contribution in [0.3, 0.4) is 0 Å². The minimum atomic E-state index is -0.487. The number of benzene rings is 1. The smallest absolute Gasteiger partial charge is 0.333 e. The Balaban J connectivity index is 2.63. The first-order valence-electron chi connectivity index (χ1n) is 5.99. The third-order valence-electron chi connectivity index (χ3n) is 3.03. The molecule has 0 saturated heterocycles. The van der Waals surface area contributed by atoms with Crippen LogP contribution in [-0.4, -0.2) is 21.9 Å². The molecular formula is C13H15N5O2. The Bertz CT molecular complexity index is 672. The zero-order chi connectivity index (χ0) is 14.9. The lowest BCUT2D eigenvalue weighted by molar-refractivity contribution is -0.385. The predicted molar refractivity (Wildman–Crippen MR) is 77.1 cm³/mol. The molecule has 0 aliphatic heterocycles. The average molecular weight is 273 g/mol. The summed E-state index contributed by atoms with van der Waals surface area (Å²) < 4.78 is 0. The molecule has 0 aliphatic rings. The van der Waals surface area contributed by atoms with Gasteiger partial charge in [-0.25, -0.2) is 4.98 Å². The van der Waals surface area contributed by atoms with E-state index in [2.05, 4.69) is 9.97 Å². The summed E-state index contributed by atoms with van der Waals surface area (Å²) >= 11 is 0. The number of aryl methyl sites for hydroxylation is 2. The van der Waals surface area contributed by atoms with Crippen molar-refractivity contribution >= 4 is 23.1 Å². The van der Waals surface area contributed by atoms with Crippen LogP contribution in [0, 0.1) is 24.0 Å². The van der Waals surface area contributed by atoms with Gasteiger partial charge in [-0.1, -0.05) is 18.2 Å². The van der Waals surface area contributed by atoms with Crippen LogP contribution in [-0.2, 0) is 0 Å². The van der Waals surface area contributed by atoms with Gasteiger partial charge in [-0.15, -0.1) is 0 Å². The van der Waals surface area contributed by atoms with Crippen molar-refractivity contribution in [3.05, 3.63) is 45.6 Å². The van der Waals surface area contributed by atoms with Crippen LogP contribution < -0.4 is 10.6 Å². The van der Waals surface area contributed by atoms with Gasteiger partial charge in [-0.05, 0) is 25.5 Å². The first-order valence-corrected chi connectivity index (χ1v) is 5.99. The second-order valence-corrected chi connectivity index (χ2v) is 4.44. The van der Waals surface area contributed by atoms with E-state index in [1.165, 1.54) is 0 Å². The molecule has 2 aromatic rings. The normalized spacial score (nSPS) is 10.3. The SMILES string of the molecule is Cc1ccccc1N(C)c1nc(N)nc(C)c1[N+](=O)[O-]. The van der Waals surface area contributed by atoms with Crippen LogP contribution in [0.2, 0.25) is 0 Å². The summed E-state index contributed by atoms with van der Waals surface area (Å²) in [5.74, 6) is 0.206. The first kappa shape index (κ1) is 13.7. The standard InChI is InChI=1S/C13H15N5O2/c1-8-6-4-5-7-10(8)17(3)12-11(18(19)20)9(2)15-13(14)16-12/h4-7H,1-3H3,(H2,14,15,16). The van der Waals surface area contributed by atoms with Crippen LogP contribution in [0.1, 0.15) is 11.3 Å². The molecule has 2 rings (SSSR count). The molecule has 0 fully saturated rings. The molecule has 0 bridgehead atoms. The molecule has 0 spiro atoms. The van der Waals surface area contributed by atoms with Gasteiger partial charge in [0, 0.05) is 12.7 Å². The monoisotopic (exact) mass is 273 g/mol. The Hall–Kier alpha value is -2.70. The second-order valence-electron chi connectivity index (χ2n) is 4.44. The van der Waals surface area contributed by atoms with Crippen molar-refractivity contribution in [2.45, 2.75) is 13.8 Å². The zero-order valence-corrected chi connectivity index (χ0v) is 11.5. The molecule has 1 heterocycles. The Labute approximate surface area is 116 Å². The third kappa shape index (κ3) is 2.37. The van der Waals surface area contributed by atoms with Gasteiger partial charge in [0.1, 0.15) is 5.69 Å². The summed E-state index contributed by atoms with van der Waals surface area (Å²) in [5, 5.41) is 11.2. The van der Waals surface area contributed by atoms with Crippen LogP contribution in [0.5, 0.6) is 0 Å². The number of nitrogens with zero attached hydrogens (tertiary/aromatic N) is 4. The minimum Gasteiger partial charge on any atom is -0.368 e. The van der Waals surface area contributed by atoms with E-state index in [4.69, 9.17) is 5.73 Å². The van der Waals surface area contributed by atoms with Gasteiger partial charge in [0.25, 0.3) is 0 Å². The Morgan fingerprint density at radius 1 is 1.25 bits per heavy atom. The molecule has 2 N–H and O–H groups in total. The number of aromatic nitrogens is 2. The molecule has 104 valence electrons. The lowest BCUT2D eigenvalue weighted by Gasteiger charge is -2.20. The van der Waals surface area contributed by atoms with Crippen molar-refractivity contribution in [3.63, 3.8) is 0 Å². The van der Waals surface area contributed by atoms with Crippen molar-refractivity contribution in [3.8, 4) is 0 Å². The highest BCUT2D eigenvalue weighted by atomic mass is 16.6. The van der Waals surface area contributed by atoms with Crippen molar-refractivity contribution in [1.82, 2.24) is 9.97 Å². The molecule has 0 saturated carbocycles. The van der Waals surface area contributed by atoms with Gasteiger partial charge in [-0.2, -0.15) is 4.98 Å². The molecule has 1 aromatic heterocycles. The molecule has 0 atom stereocenters. The maximum atomic E-state index is 11.2. The number of nitrogen functional groups attached to an aromatic ring is 1. The quantitative estimate of drug-likeness (QED) is 0.680. The van der Waals surface area contributed by atoms with Crippen molar-refractivity contribution in [2.75, 3.05) is 17.7 Å². The number of anilines is 3. The van der Waals surface area contributed by atoms with E-state index in [1.54, 1.807) is 18.9 Å². The van der Waals surface area contributed by atoms with Crippen LogP contribution in [0.4, 0.5) is 23.1 Å². The van der Waals surface area contributed by atoms with Crippen molar-refractivity contribution in [1.29, 1.82) is 0 Å². The van der Waals surface area contributed by atoms with Crippen molar-refractivity contribution in [2.24, 2.45) is 0 Å². The summed E-state index contributed by atoms with van der Waals surface area (Å²) in [6, 6.07) is 7.56. The van der Waals surface area contributed by atoms with Crippen molar-refractivity contribution < 1.29 is 4.92 Å². The molecule has 20 heavy (non-hydrogen) atoms. The summed E-state index contributed by atoms with van der Waals surface area (Å²) in [7, 11) is 1.72. The van der Waals surface area contributed by atoms with E-state index < -0.39 is 4.92 Å². The van der Waals surface area contributed by atoms with Gasteiger partial charge in [-0.3, -0.25) is 10.1 Å². The maximum absolute atomic E-state index is 11.2. The Kier molecular flexibility index (Phi) is 3.51. The Morgan fingerprint density at radius 2 is 1.90 bits per heavy atom. The number of nitro groups is 1. The molecule has 0 amide bonds. The first-order chi connectivity index (χ1) is 9.41. The lowest BCUT2D eigenvalue weighted by Crippen LogP contribution is -2.17. The minimum absolute atomic E-state index is 0.0172. The highest BCUT2D eigenvalue weighted by molar-refractivity contribution is 5.71. The van der Waals surface area contributed by atoms with Gasteiger partial charge >= 0.3 is 5.69 Å². The van der Waals surface area contributed by atoms with E-state index in [-0.39, 0.29) is 23.1 Å². The highest BCUT2D eigenvalue weighted by Gasteiger charge is 2.25. The molecule has 0 unspecified atom stereocenters. The van der Waals surface area contributed by atoms with Gasteiger partial charge in [0.15, 0.2) is 0 Å². The number of hydrogen-bond donors (Lipinski definition) is 1. The van der Waals surface area contributed by atoms with E-state index in [9.17, 15) is 10.1 Å². The van der Waals surface area contributed by atoms with Gasteiger partial charge in [0.05, 0.1) is 4.92 Å². The summed E-state index contributed by atoms with van der Waals surface area (Å²) in [6.07, 6.45) is 0. The molecular weight excluding hydrogens is 258 g/mol. The molecule has 7 nitrogen and oxygen atoms in total. The number of para-hydroxylation sites is 1. The molecule has 7 heteroatoms. The lowest BCUT2D eigenvalue weighted by atomic mass is 10.2. The highest BCUT2D eigenvalue weighted by Crippen LogP contribution is 2.34. The van der Waals surface area contributed by atoms with Crippen LogP contribution >= 0.6 is 0 Å². The fraction of sp³-hybridized carbons (Fsp3) is 0.231. The zero-order valence-electron chi connectivity index (χ0n) is 11.5. The average Bonchev–Trinajstić information content (AvgIpc) is 2.37. The summed E-state index contributed by atoms with van der Waals surface area (Å²) in [6.45, 7) is 3.47. The summed E-state index contributed by atoms with van der Waals surface area (Å²) in [5.41, 5.74) is 7.54. The van der Waals surface area contributed by atoms with Crippen LogP contribution in [0.25, 0.3) is 0 Å². The topological polar surface area (TPSA) is 98.2 Å². The Morgan fingerprint density at radius 3 is 2.50 bits per heavy atom. The largest absolute Gasteiger partial charge is 0.368 e. The number of rotatable bonds is 3. The van der Waals surface area contributed by atoms with E-state index >= 15 is 0 Å².